The lowest BCUT2D eigenvalue weighted by Crippen LogP contribution is -2.51. The van der Waals surface area contributed by atoms with Gasteiger partial charge in [0.2, 0.25) is 5.91 Å². The van der Waals surface area contributed by atoms with Gasteiger partial charge in [0.15, 0.2) is 9.84 Å². The molecule has 1 heterocycles. The number of sulfone groups is 1. The smallest absolute Gasteiger partial charge is 0.326 e. The Kier molecular flexibility index (Phi) is 4.60. The fourth-order valence-corrected chi connectivity index (χ4v) is 2.87. The zero-order valence-electron chi connectivity index (χ0n) is 11.5. The van der Waals surface area contributed by atoms with Crippen molar-refractivity contribution in [2.45, 2.75) is 50.8 Å². The van der Waals surface area contributed by atoms with Crippen molar-refractivity contribution in [3.63, 3.8) is 0 Å². The van der Waals surface area contributed by atoms with Gasteiger partial charge in [-0.15, -0.1) is 0 Å². The molecule has 1 aliphatic heterocycles. The molecule has 0 aliphatic carbocycles. The first kappa shape index (κ1) is 15.9. The monoisotopic (exact) mass is 291 g/mol. The van der Waals surface area contributed by atoms with E-state index in [2.05, 4.69) is 0 Å². The summed E-state index contributed by atoms with van der Waals surface area (Å²) in [4.78, 5) is 24.3. The lowest BCUT2D eigenvalue weighted by Gasteiger charge is -2.33. The summed E-state index contributed by atoms with van der Waals surface area (Å²) in [5.74, 6) is -2.30. The van der Waals surface area contributed by atoms with Crippen LogP contribution in [0.5, 0.6) is 0 Å². The molecule has 0 spiro atoms. The molecule has 19 heavy (non-hydrogen) atoms. The molecule has 110 valence electrons. The minimum Gasteiger partial charge on any atom is -0.480 e. The van der Waals surface area contributed by atoms with Crippen molar-refractivity contribution in [2.24, 2.45) is 0 Å². The second kappa shape index (κ2) is 5.48. The van der Waals surface area contributed by atoms with Crippen LogP contribution in [0, 0.1) is 0 Å². The molecule has 1 atom stereocenters. The minimum absolute atomic E-state index is 0.315. The van der Waals surface area contributed by atoms with Crippen LogP contribution in [0.15, 0.2) is 0 Å². The van der Waals surface area contributed by atoms with Crippen molar-refractivity contribution in [3.8, 4) is 0 Å². The lowest BCUT2D eigenvalue weighted by atomic mass is 10.0. The van der Waals surface area contributed by atoms with Gasteiger partial charge in [0.1, 0.15) is 11.8 Å². The number of nitrogens with zero attached hydrogens (tertiary/aromatic N) is 1. The minimum atomic E-state index is -3.58. The second-order valence-corrected chi connectivity index (χ2v) is 8.55. The summed E-state index contributed by atoms with van der Waals surface area (Å²) in [5, 5.41) is 9.07. The first-order chi connectivity index (χ1) is 8.56. The molecule has 1 aliphatic rings. The van der Waals surface area contributed by atoms with Crippen LogP contribution in [0.3, 0.4) is 0 Å². The van der Waals surface area contributed by atoms with Gasteiger partial charge >= 0.3 is 5.97 Å². The molecule has 0 unspecified atom stereocenters. The number of hydrogen-bond acceptors (Lipinski definition) is 4. The normalized spacial score (nSPS) is 21.2. The van der Waals surface area contributed by atoms with Crippen LogP contribution in [0.4, 0.5) is 0 Å². The number of hydrogen-bond donors (Lipinski definition) is 1. The van der Waals surface area contributed by atoms with E-state index in [1.54, 1.807) is 0 Å². The molecular weight excluding hydrogens is 270 g/mol. The van der Waals surface area contributed by atoms with E-state index < -0.39 is 38.3 Å². The number of rotatable bonds is 3. The van der Waals surface area contributed by atoms with Crippen LogP contribution in [-0.2, 0) is 19.4 Å². The van der Waals surface area contributed by atoms with Gasteiger partial charge in [-0.3, -0.25) is 4.79 Å². The Morgan fingerprint density at radius 1 is 1.26 bits per heavy atom. The number of piperidine rings is 1. The van der Waals surface area contributed by atoms with Gasteiger partial charge in [0, 0.05) is 6.54 Å². The van der Waals surface area contributed by atoms with Gasteiger partial charge in [-0.25, -0.2) is 13.2 Å². The molecule has 0 bridgehead atoms. The van der Waals surface area contributed by atoms with Crippen LogP contribution < -0.4 is 0 Å². The Hall–Kier alpha value is -1.11. The molecule has 0 aromatic carbocycles. The fourth-order valence-electron chi connectivity index (χ4n) is 1.95. The summed E-state index contributed by atoms with van der Waals surface area (Å²) in [6, 6.07) is -0.892. The van der Waals surface area contributed by atoms with Gasteiger partial charge < -0.3 is 10.0 Å². The molecule has 7 heteroatoms. The molecule has 1 fully saturated rings. The summed E-state index contributed by atoms with van der Waals surface area (Å²) in [5.41, 5.74) is 0. The van der Waals surface area contributed by atoms with Crippen molar-refractivity contribution in [1.29, 1.82) is 0 Å². The van der Waals surface area contributed by atoms with E-state index in [1.807, 2.05) is 0 Å². The topological polar surface area (TPSA) is 91.8 Å². The number of aliphatic carboxylic acids is 1. The molecule has 1 amide bonds. The SMILES string of the molecule is CC(C)(C)S(=O)(=O)CC(=O)N1CCCC[C@@H]1C(=O)O. The fraction of sp³-hybridized carbons (Fsp3) is 0.833. The van der Waals surface area contributed by atoms with E-state index in [9.17, 15) is 18.0 Å². The summed E-state index contributed by atoms with van der Waals surface area (Å²) >= 11 is 0. The Morgan fingerprint density at radius 2 is 1.84 bits per heavy atom. The van der Waals surface area contributed by atoms with E-state index in [1.165, 1.54) is 25.7 Å². The number of likely N-dealkylation sites (tertiary alicyclic amines) is 1. The molecule has 6 nitrogen and oxygen atoms in total. The maximum Gasteiger partial charge on any atom is 0.326 e. The number of carbonyl (C=O) groups is 2. The molecule has 0 radical (unpaired) electrons. The summed E-state index contributed by atoms with van der Waals surface area (Å²) < 4.78 is 23.0. The van der Waals surface area contributed by atoms with Crippen LogP contribution in [0.25, 0.3) is 0 Å². The maximum absolute atomic E-state index is 12.1. The van der Waals surface area contributed by atoms with Gasteiger partial charge in [0.05, 0.1) is 4.75 Å². The van der Waals surface area contributed by atoms with Gasteiger partial charge in [-0.2, -0.15) is 0 Å². The maximum atomic E-state index is 12.1. The van der Waals surface area contributed by atoms with Crippen LogP contribution >= 0.6 is 0 Å². The average Bonchev–Trinajstić information content (AvgIpc) is 2.26. The molecule has 1 N–H and O–H groups in total. The highest BCUT2D eigenvalue weighted by atomic mass is 32.2. The highest BCUT2D eigenvalue weighted by Gasteiger charge is 2.37. The van der Waals surface area contributed by atoms with E-state index in [0.29, 0.717) is 19.4 Å². The molecule has 1 rings (SSSR count). The Labute approximate surface area is 113 Å². The van der Waals surface area contributed by atoms with Gasteiger partial charge in [-0.1, -0.05) is 0 Å². The summed E-state index contributed by atoms with van der Waals surface area (Å²) in [6.45, 7) is 4.90. The number of amides is 1. The first-order valence-corrected chi connectivity index (χ1v) is 7.96. The van der Waals surface area contributed by atoms with E-state index in [-0.39, 0.29) is 0 Å². The third kappa shape index (κ3) is 3.68. The molecule has 0 aromatic rings. The number of carboxylic acid groups (broad SMARTS) is 1. The third-order valence-electron chi connectivity index (χ3n) is 3.35. The summed E-state index contributed by atoms with van der Waals surface area (Å²) in [7, 11) is -3.58. The quantitative estimate of drug-likeness (QED) is 0.825. The molecule has 0 aromatic heterocycles. The van der Waals surface area contributed by atoms with Gasteiger partial charge in [-0.05, 0) is 40.0 Å². The van der Waals surface area contributed by atoms with Crippen molar-refractivity contribution >= 4 is 21.7 Å². The van der Waals surface area contributed by atoms with E-state index in [0.717, 1.165) is 6.42 Å². The zero-order chi connectivity index (χ0) is 14.8. The van der Waals surface area contributed by atoms with Crippen molar-refractivity contribution in [3.05, 3.63) is 0 Å². The standard InChI is InChI=1S/C12H21NO5S/c1-12(2,3)19(17,18)8-10(14)13-7-5-4-6-9(13)11(15)16/h9H,4-8H2,1-3H3,(H,15,16)/t9-/m1/s1. The van der Waals surface area contributed by atoms with Crippen molar-refractivity contribution in [2.75, 3.05) is 12.3 Å². The highest BCUT2D eigenvalue weighted by molar-refractivity contribution is 7.93. The number of carboxylic acids is 1. The van der Waals surface area contributed by atoms with Crippen LogP contribution in [-0.4, -0.2) is 53.4 Å². The Bertz CT molecular complexity index is 463. The van der Waals surface area contributed by atoms with Crippen LogP contribution in [0.1, 0.15) is 40.0 Å². The third-order valence-corrected chi connectivity index (χ3v) is 5.85. The second-order valence-electron chi connectivity index (χ2n) is 5.81. The first-order valence-electron chi connectivity index (χ1n) is 6.31. The van der Waals surface area contributed by atoms with E-state index in [4.69, 9.17) is 5.11 Å². The van der Waals surface area contributed by atoms with Gasteiger partial charge in [0.25, 0.3) is 0 Å². The largest absolute Gasteiger partial charge is 0.480 e. The van der Waals surface area contributed by atoms with Crippen molar-refractivity contribution < 1.29 is 23.1 Å². The predicted molar refractivity (Wildman–Crippen MR) is 70.5 cm³/mol. The number of carbonyl (C=O) groups excluding carboxylic acids is 1. The Morgan fingerprint density at radius 3 is 2.32 bits per heavy atom. The Balaban J connectivity index is 2.85. The van der Waals surface area contributed by atoms with Crippen LogP contribution in [0.2, 0.25) is 0 Å². The molecular formula is C12H21NO5S. The lowest BCUT2D eigenvalue weighted by molar-refractivity contribution is -0.151. The van der Waals surface area contributed by atoms with E-state index >= 15 is 0 Å². The molecule has 1 saturated heterocycles. The van der Waals surface area contributed by atoms with Crippen molar-refractivity contribution in [1.82, 2.24) is 4.90 Å². The summed E-state index contributed by atoms with van der Waals surface area (Å²) in [6.07, 6.45) is 1.84. The zero-order valence-corrected chi connectivity index (χ0v) is 12.4. The molecule has 0 saturated carbocycles. The highest BCUT2D eigenvalue weighted by Crippen LogP contribution is 2.21. The average molecular weight is 291 g/mol. The predicted octanol–water partition coefficient (Wildman–Crippen LogP) is 0.665.